The first-order chi connectivity index (χ1) is 18.6. The average molecular weight is 555 g/mol. The monoisotopic (exact) mass is 554 g/mol. The van der Waals surface area contributed by atoms with Crippen LogP contribution in [0.4, 0.5) is 0 Å². The molecule has 2 aliphatic carbocycles. The Labute approximate surface area is 223 Å². The molecular weight excluding hydrogens is 520 g/mol. The summed E-state index contributed by atoms with van der Waals surface area (Å²) < 4.78 is 28.5. The maximum Gasteiger partial charge on any atom is 0.348 e. The van der Waals surface area contributed by atoms with Gasteiger partial charge in [0.15, 0.2) is 17.3 Å². The van der Waals surface area contributed by atoms with E-state index in [1.54, 1.807) is 6.08 Å². The molecule has 1 saturated carbocycles. The van der Waals surface area contributed by atoms with Crippen LogP contribution < -0.4 is 4.74 Å². The first-order valence-corrected chi connectivity index (χ1v) is 13.0. The molecule has 13 nitrogen and oxygen atoms in total. The summed E-state index contributed by atoms with van der Waals surface area (Å²) in [6.45, 7) is -1.16. The fraction of sp³-hybridized carbons (Fsp3) is 0.654. The summed E-state index contributed by atoms with van der Waals surface area (Å²) in [5, 5.41) is 72.4. The predicted octanol–water partition coefficient (Wildman–Crippen LogP) is -0.931. The topological polar surface area (TPSA) is 205 Å². The first-order valence-electron chi connectivity index (χ1n) is 13.0. The molecule has 216 valence electrons. The minimum atomic E-state index is -2.08. The lowest BCUT2D eigenvalue weighted by Crippen LogP contribution is -2.60. The van der Waals surface area contributed by atoms with Gasteiger partial charge in [-0.15, -0.1) is 0 Å². The molecule has 5 rings (SSSR count). The second-order valence-electron chi connectivity index (χ2n) is 10.4. The molecule has 0 bridgehead atoms. The van der Waals surface area contributed by atoms with Gasteiger partial charge in [0.2, 0.25) is 17.7 Å². The number of allylic oxidation sites excluding steroid dienone is 1. The highest BCUT2D eigenvalue weighted by Gasteiger charge is 2.72. The highest BCUT2D eigenvalue weighted by atomic mass is 16.8. The van der Waals surface area contributed by atoms with Gasteiger partial charge >= 0.3 is 5.97 Å². The van der Waals surface area contributed by atoms with Gasteiger partial charge in [0.25, 0.3) is 0 Å². The van der Waals surface area contributed by atoms with Crippen molar-refractivity contribution >= 4 is 5.97 Å². The van der Waals surface area contributed by atoms with E-state index in [-0.39, 0.29) is 24.2 Å². The van der Waals surface area contributed by atoms with Gasteiger partial charge in [0.05, 0.1) is 6.61 Å². The first kappa shape index (κ1) is 28.2. The number of para-hydroxylation sites is 1. The Morgan fingerprint density at radius 1 is 1.05 bits per heavy atom. The fourth-order valence-corrected chi connectivity index (χ4v) is 5.62. The molecule has 0 amide bonds. The number of aliphatic hydroxyl groups is 6. The maximum absolute atomic E-state index is 13.5. The molecule has 3 fully saturated rings. The molecule has 1 spiro atoms. The molecule has 2 heterocycles. The largest absolute Gasteiger partial charge is 0.504 e. The van der Waals surface area contributed by atoms with E-state index < -0.39 is 78.9 Å². The van der Waals surface area contributed by atoms with E-state index in [9.17, 15) is 40.5 Å². The third kappa shape index (κ3) is 4.71. The molecule has 4 aliphatic rings. The van der Waals surface area contributed by atoms with Crippen molar-refractivity contribution in [1.29, 1.82) is 0 Å². The zero-order valence-corrected chi connectivity index (χ0v) is 21.1. The molecule has 0 aromatic heterocycles. The van der Waals surface area contributed by atoms with Gasteiger partial charge < -0.3 is 59.4 Å². The van der Waals surface area contributed by atoms with E-state index in [1.165, 1.54) is 24.3 Å². The number of fused-ring (bicyclic) bond motifs is 1. The Hall–Kier alpha value is -2.33. The molecule has 2 saturated heterocycles. The zero-order chi connectivity index (χ0) is 28.0. The summed E-state index contributed by atoms with van der Waals surface area (Å²) in [4.78, 5) is 13.5. The smallest absolute Gasteiger partial charge is 0.348 e. The number of aliphatic hydroxyl groups excluding tert-OH is 5. The van der Waals surface area contributed by atoms with Crippen LogP contribution in [0, 0.1) is 0 Å². The van der Waals surface area contributed by atoms with Crippen molar-refractivity contribution in [3.05, 3.63) is 35.9 Å². The number of benzene rings is 1. The number of hydrogen-bond donors (Lipinski definition) is 7. The molecule has 39 heavy (non-hydrogen) atoms. The van der Waals surface area contributed by atoms with Crippen LogP contribution in [-0.4, -0.2) is 102 Å². The molecule has 1 aromatic rings. The van der Waals surface area contributed by atoms with E-state index >= 15 is 0 Å². The van der Waals surface area contributed by atoms with E-state index in [2.05, 4.69) is 0 Å². The zero-order valence-electron chi connectivity index (χ0n) is 21.1. The predicted molar refractivity (Wildman–Crippen MR) is 128 cm³/mol. The van der Waals surface area contributed by atoms with Gasteiger partial charge in [-0.25, -0.2) is 4.79 Å². The number of hydrogen-bond acceptors (Lipinski definition) is 13. The Morgan fingerprint density at radius 3 is 2.59 bits per heavy atom. The second-order valence-corrected chi connectivity index (χ2v) is 10.4. The number of aromatic hydroxyl groups is 1. The van der Waals surface area contributed by atoms with Crippen molar-refractivity contribution in [1.82, 2.24) is 0 Å². The van der Waals surface area contributed by atoms with Crippen LogP contribution in [0.15, 0.2) is 30.4 Å². The number of carbonyl (C=O) groups is 1. The summed E-state index contributed by atoms with van der Waals surface area (Å²) in [6, 6.07) is 4.19. The van der Waals surface area contributed by atoms with Crippen molar-refractivity contribution < 1.29 is 64.2 Å². The van der Waals surface area contributed by atoms with Crippen LogP contribution >= 0.6 is 0 Å². The second kappa shape index (κ2) is 10.6. The standard InChI is InChI=1S/C26H34O13/c27-12-16-18(30)19(31)20(32)22(36-16)37-21-14(6-5-7-15(21)28)13-35-23(33)24-9-3-4-11-26(24,34)39-25(38-24)10-2-1-8-17(25)29/h3,5-7,9,16-20,22,27-32,34H,1-2,4,8,10-13H2/t16-,17?,18-,19+,20-,22+,24?,25?,26?/m1/s1. The molecule has 9 atom stereocenters. The van der Waals surface area contributed by atoms with Gasteiger partial charge in [-0.05, 0) is 31.4 Å². The Kier molecular flexibility index (Phi) is 7.65. The van der Waals surface area contributed by atoms with Crippen LogP contribution in [0.1, 0.15) is 44.1 Å². The summed E-state index contributed by atoms with van der Waals surface area (Å²) in [6.07, 6.45) is -3.36. The summed E-state index contributed by atoms with van der Waals surface area (Å²) in [5.74, 6) is -5.28. The van der Waals surface area contributed by atoms with E-state index in [4.69, 9.17) is 23.7 Å². The number of phenols is 1. The number of rotatable bonds is 6. The molecule has 4 unspecified atom stereocenters. The van der Waals surface area contributed by atoms with Gasteiger partial charge in [-0.2, -0.15) is 0 Å². The highest BCUT2D eigenvalue weighted by molar-refractivity contribution is 5.84. The van der Waals surface area contributed by atoms with Crippen LogP contribution in [0.25, 0.3) is 0 Å². The van der Waals surface area contributed by atoms with Gasteiger partial charge in [0.1, 0.15) is 37.1 Å². The van der Waals surface area contributed by atoms with Crippen LogP contribution in [-0.2, 0) is 30.3 Å². The lowest BCUT2D eigenvalue weighted by molar-refractivity contribution is -0.291. The summed E-state index contributed by atoms with van der Waals surface area (Å²) in [7, 11) is 0. The molecule has 2 aliphatic heterocycles. The van der Waals surface area contributed by atoms with Crippen molar-refractivity contribution in [2.24, 2.45) is 0 Å². The third-order valence-electron chi connectivity index (χ3n) is 7.84. The summed E-state index contributed by atoms with van der Waals surface area (Å²) in [5.41, 5.74) is -1.91. The number of phenolic OH excluding ortho intramolecular Hbond substituents is 1. The van der Waals surface area contributed by atoms with Crippen molar-refractivity contribution in [2.75, 3.05) is 6.61 Å². The van der Waals surface area contributed by atoms with Gasteiger partial charge in [-0.1, -0.05) is 24.6 Å². The Morgan fingerprint density at radius 2 is 1.85 bits per heavy atom. The van der Waals surface area contributed by atoms with Crippen LogP contribution in [0.3, 0.4) is 0 Å². The molecule has 13 heteroatoms. The maximum atomic E-state index is 13.5. The van der Waals surface area contributed by atoms with Gasteiger partial charge in [-0.3, -0.25) is 0 Å². The SMILES string of the molecule is O=C(OCc1cccc(O)c1O[C@@H]1O[C@H](CO)[C@@H](O)[C@H](O)[C@H]1O)C12C=CCCC1(O)OC1(CCCCC1O)O2. The highest BCUT2D eigenvalue weighted by Crippen LogP contribution is 2.53. The lowest BCUT2D eigenvalue weighted by atomic mass is 9.84. The molecule has 0 radical (unpaired) electrons. The van der Waals surface area contributed by atoms with Crippen LogP contribution in [0.2, 0.25) is 0 Å². The quantitative estimate of drug-likeness (QED) is 0.168. The minimum Gasteiger partial charge on any atom is -0.504 e. The number of carbonyl (C=O) groups excluding carboxylic acids is 1. The van der Waals surface area contributed by atoms with E-state index in [0.717, 1.165) is 6.42 Å². The Bertz CT molecular complexity index is 1090. The molecule has 1 aromatic carbocycles. The normalized spacial score (nSPS) is 41.8. The fourth-order valence-electron chi connectivity index (χ4n) is 5.62. The van der Waals surface area contributed by atoms with Crippen LogP contribution in [0.5, 0.6) is 11.5 Å². The number of ether oxygens (including phenoxy) is 5. The molecule has 7 N–H and O–H groups in total. The number of esters is 1. The molecular formula is C26H34O13. The summed E-state index contributed by atoms with van der Waals surface area (Å²) >= 11 is 0. The average Bonchev–Trinajstić information content (AvgIpc) is 3.20. The van der Waals surface area contributed by atoms with E-state index in [1.807, 2.05) is 0 Å². The minimum absolute atomic E-state index is 0.0324. The van der Waals surface area contributed by atoms with Crippen molar-refractivity contribution in [3.63, 3.8) is 0 Å². The third-order valence-corrected chi connectivity index (χ3v) is 7.84. The van der Waals surface area contributed by atoms with Gasteiger partial charge in [0, 0.05) is 18.4 Å². The van der Waals surface area contributed by atoms with Crippen molar-refractivity contribution in [2.45, 2.75) is 99.1 Å². The van der Waals surface area contributed by atoms with Crippen molar-refractivity contribution in [3.8, 4) is 11.5 Å². The Balaban J connectivity index is 1.36. The lowest BCUT2D eigenvalue weighted by Gasteiger charge is -2.39. The van der Waals surface area contributed by atoms with E-state index in [0.29, 0.717) is 19.3 Å².